The first-order chi connectivity index (χ1) is 11.5. The topological polar surface area (TPSA) is 92.3 Å². The molecule has 0 bridgehead atoms. The Hall–Kier alpha value is -3.07. The molecular weight excluding hydrogens is 308 g/mol. The van der Waals surface area contributed by atoms with Crippen molar-refractivity contribution >= 4 is 5.78 Å². The lowest BCUT2D eigenvalue weighted by molar-refractivity contribution is 0.103. The minimum atomic E-state index is -0.592. The van der Waals surface area contributed by atoms with Crippen molar-refractivity contribution in [1.82, 2.24) is 4.57 Å². The predicted molar refractivity (Wildman–Crippen MR) is 88.5 cm³/mol. The Bertz CT molecular complexity index is 891. The van der Waals surface area contributed by atoms with Gasteiger partial charge in [-0.2, -0.15) is 5.26 Å². The molecule has 0 spiro atoms. The molecular formula is C18H18N2O4. The van der Waals surface area contributed by atoms with E-state index in [-0.39, 0.29) is 28.8 Å². The second kappa shape index (κ2) is 7.01. The summed E-state index contributed by atoms with van der Waals surface area (Å²) in [6.07, 6.45) is 0.573. The Kier molecular flexibility index (Phi) is 5.05. The highest BCUT2D eigenvalue weighted by Gasteiger charge is 2.26. The number of methoxy groups -OCH3 is 1. The minimum absolute atomic E-state index is 0.0518. The van der Waals surface area contributed by atoms with Crippen LogP contribution in [-0.2, 0) is 6.54 Å². The van der Waals surface area contributed by atoms with Gasteiger partial charge >= 0.3 is 0 Å². The highest BCUT2D eigenvalue weighted by atomic mass is 16.5. The van der Waals surface area contributed by atoms with E-state index in [9.17, 15) is 20.0 Å². The number of ether oxygens (including phenoxy) is 1. The molecule has 1 heterocycles. The SMILES string of the molecule is CCCn1c(O)c(C(=O)c2ccccc2OC)c(C)c(C#N)c1=O. The number of para-hydroxylation sites is 1. The number of benzene rings is 1. The van der Waals surface area contributed by atoms with Crippen molar-refractivity contribution in [3.63, 3.8) is 0 Å². The van der Waals surface area contributed by atoms with E-state index in [1.807, 2.05) is 13.0 Å². The molecule has 1 aromatic carbocycles. The summed E-state index contributed by atoms with van der Waals surface area (Å²) in [4.78, 5) is 25.2. The zero-order valence-electron chi connectivity index (χ0n) is 13.8. The first-order valence-corrected chi connectivity index (χ1v) is 7.52. The quantitative estimate of drug-likeness (QED) is 0.852. The third kappa shape index (κ3) is 2.76. The Labute approximate surface area is 139 Å². The van der Waals surface area contributed by atoms with E-state index in [1.165, 1.54) is 14.0 Å². The van der Waals surface area contributed by atoms with Gasteiger partial charge in [0.15, 0.2) is 0 Å². The van der Waals surface area contributed by atoms with Gasteiger partial charge in [0, 0.05) is 6.54 Å². The summed E-state index contributed by atoms with van der Waals surface area (Å²) in [5.74, 6) is -0.564. The van der Waals surface area contributed by atoms with Gasteiger partial charge in [-0.05, 0) is 31.0 Å². The molecule has 0 saturated carbocycles. The van der Waals surface area contributed by atoms with Crippen LogP contribution in [0.1, 0.15) is 40.4 Å². The lowest BCUT2D eigenvalue weighted by Gasteiger charge is -2.16. The largest absolute Gasteiger partial charge is 0.496 e. The molecule has 24 heavy (non-hydrogen) atoms. The predicted octanol–water partition coefficient (Wildman–Crippen LogP) is 2.38. The number of ketones is 1. The third-order valence-corrected chi connectivity index (χ3v) is 3.83. The van der Waals surface area contributed by atoms with E-state index >= 15 is 0 Å². The van der Waals surface area contributed by atoms with Crippen LogP contribution >= 0.6 is 0 Å². The monoisotopic (exact) mass is 326 g/mol. The van der Waals surface area contributed by atoms with Crippen molar-refractivity contribution in [3.8, 4) is 17.7 Å². The molecule has 0 amide bonds. The van der Waals surface area contributed by atoms with Crippen molar-refractivity contribution in [3.05, 3.63) is 56.9 Å². The number of nitrogens with zero attached hydrogens (tertiary/aromatic N) is 2. The molecule has 0 atom stereocenters. The van der Waals surface area contributed by atoms with Crippen molar-refractivity contribution in [2.75, 3.05) is 7.11 Å². The van der Waals surface area contributed by atoms with Crippen LogP contribution in [0.5, 0.6) is 11.6 Å². The number of pyridine rings is 1. The number of aromatic nitrogens is 1. The fraction of sp³-hybridized carbons (Fsp3) is 0.278. The number of nitriles is 1. The molecule has 0 radical (unpaired) electrons. The van der Waals surface area contributed by atoms with Crippen LogP contribution in [0, 0.1) is 18.3 Å². The molecule has 6 nitrogen and oxygen atoms in total. The number of hydrogen-bond acceptors (Lipinski definition) is 5. The number of carbonyl (C=O) groups is 1. The second-order valence-corrected chi connectivity index (χ2v) is 5.30. The molecule has 0 aliphatic carbocycles. The van der Waals surface area contributed by atoms with Gasteiger partial charge in [0.2, 0.25) is 11.7 Å². The summed E-state index contributed by atoms with van der Waals surface area (Å²) in [6, 6.07) is 8.44. The summed E-state index contributed by atoms with van der Waals surface area (Å²) in [5.41, 5.74) is -0.359. The number of hydrogen-bond donors (Lipinski definition) is 1. The maximum Gasteiger partial charge on any atom is 0.271 e. The fourth-order valence-electron chi connectivity index (χ4n) is 2.62. The molecule has 0 aliphatic heterocycles. The van der Waals surface area contributed by atoms with Crippen molar-refractivity contribution in [2.45, 2.75) is 26.8 Å². The average Bonchev–Trinajstić information content (AvgIpc) is 2.59. The van der Waals surface area contributed by atoms with E-state index in [0.717, 1.165) is 4.57 Å². The second-order valence-electron chi connectivity index (χ2n) is 5.30. The maximum absolute atomic E-state index is 12.9. The van der Waals surface area contributed by atoms with Crippen LogP contribution in [0.15, 0.2) is 29.1 Å². The van der Waals surface area contributed by atoms with Crippen molar-refractivity contribution < 1.29 is 14.6 Å². The van der Waals surface area contributed by atoms with Gasteiger partial charge in [0.25, 0.3) is 5.56 Å². The first kappa shape index (κ1) is 17.3. The van der Waals surface area contributed by atoms with Gasteiger partial charge in [-0.25, -0.2) is 0 Å². The number of rotatable bonds is 5. The standard InChI is InChI=1S/C18H18N2O4/c1-4-9-20-17(22)13(10-19)11(2)15(18(20)23)16(21)12-7-5-6-8-14(12)24-3/h5-8,23H,4,9H2,1-3H3. The highest BCUT2D eigenvalue weighted by Crippen LogP contribution is 2.28. The summed E-state index contributed by atoms with van der Waals surface area (Å²) < 4.78 is 6.25. The van der Waals surface area contributed by atoms with Gasteiger partial charge < -0.3 is 9.84 Å². The van der Waals surface area contributed by atoms with E-state index in [4.69, 9.17) is 4.74 Å². The van der Waals surface area contributed by atoms with Crippen LogP contribution < -0.4 is 10.3 Å². The van der Waals surface area contributed by atoms with E-state index in [1.54, 1.807) is 24.3 Å². The number of aromatic hydroxyl groups is 1. The Morgan fingerprint density at radius 1 is 1.38 bits per heavy atom. The number of carbonyl (C=O) groups excluding carboxylic acids is 1. The third-order valence-electron chi connectivity index (χ3n) is 3.83. The van der Waals surface area contributed by atoms with Gasteiger partial charge in [-0.3, -0.25) is 14.2 Å². The van der Waals surface area contributed by atoms with Crippen LogP contribution in [0.3, 0.4) is 0 Å². The molecule has 0 fully saturated rings. The maximum atomic E-state index is 12.9. The average molecular weight is 326 g/mol. The van der Waals surface area contributed by atoms with Gasteiger partial charge in [-0.15, -0.1) is 0 Å². The zero-order chi connectivity index (χ0) is 17.9. The van der Waals surface area contributed by atoms with Crippen LogP contribution in [0.2, 0.25) is 0 Å². The molecule has 2 rings (SSSR count). The molecule has 1 aromatic heterocycles. The smallest absolute Gasteiger partial charge is 0.271 e. The van der Waals surface area contributed by atoms with E-state index in [2.05, 4.69) is 0 Å². The summed E-state index contributed by atoms with van der Waals surface area (Å²) in [6.45, 7) is 3.53. The van der Waals surface area contributed by atoms with Gasteiger partial charge in [0.05, 0.1) is 18.2 Å². The molecule has 124 valence electrons. The molecule has 2 aromatic rings. The van der Waals surface area contributed by atoms with Crippen molar-refractivity contribution in [1.29, 1.82) is 5.26 Å². The van der Waals surface area contributed by atoms with E-state index < -0.39 is 17.2 Å². The summed E-state index contributed by atoms with van der Waals surface area (Å²) >= 11 is 0. The molecule has 1 N–H and O–H groups in total. The Balaban J connectivity index is 2.79. The molecule has 6 heteroatoms. The zero-order valence-corrected chi connectivity index (χ0v) is 13.8. The molecule has 0 saturated heterocycles. The lowest BCUT2D eigenvalue weighted by Crippen LogP contribution is -2.26. The fourth-order valence-corrected chi connectivity index (χ4v) is 2.62. The normalized spacial score (nSPS) is 10.2. The Morgan fingerprint density at radius 2 is 2.04 bits per heavy atom. The van der Waals surface area contributed by atoms with Crippen LogP contribution in [-0.4, -0.2) is 22.6 Å². The van der Waals surface area contributed by atoms with Gasteiger partial charge in [-0.1, -0.05) is 19.1 Å². The summed E-state index contributed by atoms with van der Waals surface area (Å²) in [5, 5.41) is 19.8. The van der Waals surface area contributed by atoms with Crippen LogP contribution in [0.4, 0.5) is 0 Å². The minimum Gasteiger partial charge on any atom is -0.496 e. The van der Waals surface area contributed by atoms with E-state index in [0.29, 0.717) is 12.2 Å². The highest BCUT2D eigenvalue weighted by molar-refractivity contribution is 6.13. The Morgan fingerprint density at radius 3 is 2.62 bits per heavy atom. The molecule has 0 aliphatic rings. The first-order valence-electron chi connectivity index (χ1n) is 7.52. The lowest BCUT2D eigenvalue weighted by atomic mass is 9.96. The van der Waals surface area contributed by atoms with Crippen LogP contribution in [0.25, 0.3) is 0 Å². The molecule has 0 unspecified atom stereocenters. The van der Waals surface area contributed by atoms with Crippen molar-refractivity contribution in [2.24, 2.45) is 0 Å². The summed E-state index contributed by atoms with van der Waals surface area (Å²) in [7, 11) is 1.44. The van der Waals surface area contributed by atoms with Gasteiger partial charge in [0.1, 0.15) is 17.4 Å².